The highest BCUT2D eigenvalue weighted by molar-refractivity contribution is 7.82. The number of benzene rings is 1. The van der Waals surface area contributed by atoms with Crippen molar-refractivity contribution in [1.29, 1.82) is 0 Å². The lowest BCUT2D eigenvalue weighted by Crippen LogP contribution is -2.43. The molecule has 0 bridgehead atoms. The normalized spacial score (nSPS) is 20.9. The van der Waals surface area contributed by atoms with Gasteiger partial charge >= 0.3 is 0 Å². The lowest BCUT2D eigenvalue weighted by atomic mass is 10.1. The van der Waals surface area contributed by atoms with Crippen molar-refractivity contribution < 1.29 is 9.32 Å². The highest BCUT2D eigenvalue weighted by Gasteiger charge is 2.28. The van der Waals surface area contributed by atoms with Gasteiger partial charge in [0.25, 0.3) is 0 Å². The number of piperidine rings is 1. The lowest BCUT2D eigenvalue weighted by Gasteiger charge is -2.33. The molecule has 1 aromatic carbocycles. The Bertz CT molecular complexity index is 433. The van der Waals surface area contributed by atoms with Crippen LogP contribution in [0.25, 0.3) is 0 Å². The number of nitrogens with zero attached hydrogens (tertiary/aromatic N) is 1. The smallest absolute Gasteiger partial charge is 0.129 e. The number of aryl methyl sites for hydroxylation is 1. The van der Waals surface area contributed by atoms with E-state index in [0.29, 0.717) is 9.92 Å². The average molecular weight is 318 g/mol. The van der Waals surface area contributed by atoms with Gasteiger partial charge in [-0.1, -0.05) is 44.0 Å². The molecule has 1 heterocycles. The fourth-order valence-corrected chi connectivity index (χ4v) is 4.30. The first-order chi connectivity index (χ1) is 9.65. The first kappa shape index (κ1) is 17.6. The topological polar surface area (TPSA) is 40.5 Å². The molecule has 0 spiro atoms. The monoisotopic (exact) mass is 317 g/mol. The predicted molar refractivity (Wildman–Crippen MR) is 85.4 cm³/mol. The first-order valence-electron chi connectivity index (χ1n) is 7.19. The predicted octanol–water partition coefficient (Wildman–Crippen LogP) is 3.54. The van der Waals surface area contributed by atoms with Crippen molar-refractivity contribution in [2.75, 3.05) is 13.2 Å². The lowest BCUT2D eigenvalue weighted by molar-refractivity contribution is 0.160. The summed E-state index contributed by atoms with van der Waals surface area (Å²) in [4.78, 5) is 0.680. The van der Waals surface area contributed by atoms with E-state index in [2.05, 4.69) is 0 Å². The van der Waals surface area contributed by atoms with Crippen LogP contribution in [-0.2, 0) is 11.0 Å². The van der Waals surface area contributed by atoms with E-state index in [1.165, 1.54) is 0 Å². The van der Waals surface area contributed by atoms with Gasteiger partial charge in [0.1, 0.15) is 11.0 Å². The Balaban J connectivity index is 0.000000956. The fraction of sp³-hybridized carbons (Fsp3) is 0.600. The maximum atomic E-state index is 12.7. The third kappa shape index (κ3) is 4.04. The Morgan fingerprint density at radius 2 is 2.10 bits per heavy atom. The van der Waals surface area contributed by atoms with E-state index in [0.717, 1.165) is 31.4 Å². The second-order valence-corrected chi connectivity index (χ2v) is 6.39. The molecule has 1 aliphatic rings. The summed E-state index contributed by atoms with van der Waals surface area (Å²) in [6.07, 6.45) is 3.00. The van der Waals surface area contributed by atoms with Crippen LogP contribution in [-0.4, -0.2) is 32.8 Å². The van der Waals surface area contributed by atoms with Crippen LogP contribution < -0.4 is 0 Å². The third-order valence-electron chi connectivity index (χ3n) is 3.34. The van der Waals surface area contributed by atoms with E-state index in [9.17, 15) is 9.32 Å². The van der Waals surface area contributed by atoms with Gasteiger partial charge in [-0.05, 0) is 31.4 Å². The number of aliphatic hydroxyl groups excluding tert-OH is 1. The van der Waals surface area contributed by atoms with Gasteiger partial charge in [0.05, 0.1) is 16.5 Å². The van der Waals surface area contributed by atoms with Crippen LogP contribution in [0.4, 0.5) is 0 Å². The first-order valence-corrected chi connectivity index (χ1v) is 8.68. The van der Waals surface area contributed by atoms with Crippen molar-refractivity contribution in [3.8, 4) is 0 Å². The molecule has 20 heavy (non-hydrogen) atoms. The van der Waals surface area contributed by atoms with Gasteiger partial charge < -0.3 is 5.11 Å². The van der Waals surface area contributed by atoms with Gasteiger partial charge in [0.15, 0.2) is 0 Å². The SMILES string of the molecule is CC.Cc1cccc(Cl)c1S(=O)N1CCCCC1CO. The molecular weight excluding hydrogens is 294 g/mol. The van der Waals surface area contributed by atoms with Gasteiger partial charge in [-0.15, -0.1) is 0 Å². The summed E-state index contributed by atoms with van der Waals surface area (Å²) in [5.41, 5.74) is 0.933. The summed E-state index contributed by atoms with van der Waals surface area (Å²) in [5.74, 6) is 0. The molecule has 1 aromatic rings. The number of hydrogen-bond donors (Lipinski definition) is 1. The number of hydrogen-bond acceptors (Lipinski definition) is 2. The number of aliphatic hydroxyl groups is 1. The number of halogens is 1. The summed E-state index contributed by atoms with van der Waals surface area (Å²) in [5, 5.41) is 9.92. The molecule has 0 aliphatic carbocycles. The zero-order valence-corrected chi connectivity index (χ0v) is 14.0. The Morgan fingerprint density at radius 1 is 1.40 bits per heavy atom. The van der Waals surface area contributed by atoms with Crippen molar-refractivity contribution in [1.82, 2.24) is 4.31 Å². The van der Waals surface area contributed by atoms with Gasteiger partial charge in [0.2, 0.25) is 0 Å². The molecule has 114 valence electrons. The average Bonchev–Trinajstić information content (AvgIpc) is 2.49. The molecule has 2 rings (SSSR count). The Morgan fingerprint density at radius 3 is 2.70 bits per heavy atom. The minimum atomic E-state index is -1.28. The Kier molecular flexibility index (Phi) is 7.74. The fourth-order valence-electron chi connectivity index (χ4n) is 2.33. The second kappa shape index (κ2) is 8.78. The van der Waals surface area contributed by atoms with E-state index in [4.69, 9.17) is 11.6 Å². The minimum absolute atomic E-state index is 0.0183. The van der Waals surface area contributed by atoms with Crippen LogP contribution in [0, 0.1) is 6.92 Å². The van der Waals surface area contributed by atoms with Gasteiger partial charge in [0, 0.05) is 12.6 Å². The van der Waals surface area contributed by atoms with E-state index < -0.39 is 11.0 Å². The molecule has 0 amide bonds. The molecule has 1 N–H and O–H groups in total. The molecule has 1 aliphatic heterocycles. The standard InChI is InChI=1S/C13H18ClNO2S.C2H6/c1-10-5-4-7-12(14)13(10)18(17)15-8-3-2-6-11(15)9-16;1-2/h4-5,7,11,16H,2-3,6,8-9H2,1H3;1-2H3. The van der Waals surface area contributed by atoms with Crippen LogP contribution in [0.5, 0.6) is 0 Å². The zero-order valence-electron chi connectivity index (χ0n) is 12.4. The molecule has 2 atom stereocenters. The van der Waals surface area contributed by atoms with Gasteiger partial charge in [-0.3, -0.25) is 0 Å². The quantitative estimate of drug-likeness (QED) is 0.926. The Labute approximate surface area is 129 Å². The highest BCUT2D eigenvalue weighted by atomic mass is 35.5. The van der Waals surface area contributed by atoms with Gasteiger partial charge in [-0.2, -0.15) is 0 Å². The maximum Gasteiger partial charge on any atom is 0.129 e. The van der Waals surface area contributed by atoms with E-state index >= 15 is 0 Å². The molecule has 0 saturated carbocycles. The van der Waals surface area contributed by atoms with Crippen molar-refractivity contribution in [3.05, 3.63) is 28.8 Å². The molecular formula is C15H24ClNO2S. The van der Waals surface area contributed by atoms with Crippen LogP contribution in [0.1, 0.15) is 38.7 Å². The van der Waals surface area contributed by atoms with Gasteiger partial charge in [-0.25, -0.2) is 8.51 Å². The summed E-state index contributed by atoms with van der Waals surface area (Å²) in [7, 11) is -1.28. The van der Waals surface area contributed by atoms with E-state index in [1.807, 2.05) is 37.2 Å². The van der Waals surface area contributed by atoms with Crippen LogP contribution >= 0.6 is 11.6 Å². The molecule has 2 unspecified atom stereocenters. The van der Waals surface area contributed by atoms with Crippen molar-refractivity contribution >= 4 is 22.6 Å². The molecule has 1 fully saturated rings. The molecule has 0 aromatic heterocycles. The summed E-state index contributed by atoms with van der Waals surface area (Å²) in [6, 6.07) is 5.52. The van der Waals surface area contributed by atoms with E-state index in [1.54, 1.807) is 6.07 Å². The largest absolute Gasteiger partial charge is 0.395 e. The van der Waals surface area contributed by atoms with Crippen LogP contribution in [0.3, 0.4) is 0 Å². The molecule has 1 saturated heterocycles. The summed E-state index contributed by atoms with van der Waals surface area (Å²) in [6.45, 7) is 6.72. The number of rotatable bonds is 3. The highest BCUT2D eigenvalue weighted by Crippen LogP contribution is 2.28. The Hall–Kier alpha value is -0.420. The summed E-state index contributed by atoms with van der Waals surface area (Å²) < 4.78 is 14.5. The molecule has 0 radical (unpaired) electrons. The van der Waals surface area contributed by atoms with Crippen molar-refractivity contribution in [2.45, 2.75) is 51.0 Å². The second-order valence-electron chi connectivity index (χ2n) is 4.61. The van der Waals surface area contributed by atoms with Crippen LogP contribution in [0.15, 0.2) is 23.1 Å². The van der Waals surface area contributed by atoms with Crippen molar-refractivity contribution in [3.63, 3.8) is 0 Å². The summed E-state index contributed by atoms with van der Waals surface area (Å²) >= 11 is 6.15. The van der Waals surface area contributed by atoms with Crippen LogP contribution in [0.2, 0.25) is 5.02 Å². The zero-order chi connectivity index (χ0) is 15.1. The van der Waals surface area contributed by atoms with E-state index in [-0.39, 0.29) is 12.6 Å². The maximum absolute atomic E-state index is 12.7. The molecule has 3 nitrogen and oxygen atoms in total. The van der Waals surface area contributed by atoms with Crippen molar-refractivity contribution in [2.24, 2.45) is 0 Å². The third-order valence-corrected chi connectivity index (χ3v) is 5.56. The minimum Gasteiger partial charge on any atom is -0.395 e. The molecule has 5 heteroatoms.